The predicted molar refractivity (Wildman–Crippen MR) is 116 cm³/mol. The molecule has 0 saturated carbocycles. The minimum Gasteiger partial charge on any atom is -0.726 e. The van der Waals surface area contributed by atoms with Crippen LogP contribution in [0.25, 0.3) is 0 Å². The molecule has 0 saturated heterocycles. The fourth-order valence-corrected chi connectivity index (χ4v) is 4.31. The second-order valence-electron chi connectivity index (χ2n) is 7.01. The Bertz CT molecular complexity index is 359. The third kappa shape index (κ3) is 29.0. The van der Waals surface area contributed by atoms with Gasteiger partial charge in [-0.2, -0.15) is 0 Å². The minimum absolute atomic E-state index is 0.714. The summed E-state index contributed by atoms with van der Waals surface area (Å²) in [4.78, 5) is 0. The van der Waals surface area contributed by atoms with Crippen LogP contribution in [-0.2, 0) is 25.5 Å². The molecule has 0 fully saturated rings. The van der Waals surface area contributed by atoms with Gasteiger partial charge >= 0.3 is 0 Å². The van der Waals surface area contributed by atoms with E-state index >= 15 is 0 Å². The van der Waals surface area contributed by atoms with Crippen LogP contribution in [0, 0.1) is 0 Å². The van der Waals surface area contributed by atoms with Gasteiger partial charge in [-0.25, -0.2) is 8.42 Å². The normalized spacial score (nSPS) is 12.5. The van der Waals surface area contributed by atoms with Crippen molar-refractivity contribution in [2.24, 2.45) is 0 Å². The lowest BCUT2D eigenvalue weighted by Gasteiger charge is -2.04. The Morgan fingerprint density at radius 3 is 1.27 bits per heavy atom. The van der Waals surface area contributed by atoms with Crippen molar-refractivity contribution in [1.82, 2.24) is 0 Å². The molecule has 0 aromatic heterocycles. The molecule has 0 amide bonds. The van der Waals surface area contributed by atoms with E-state index in [1.54, 1.807) is 0 Å². The van der Waals surface area contributed by atoms with Crippen molar-refractivity contribution in [3.63, 3.8) is 0 Å². The van der Waals surface area contributed by atoms with Gasteiger partial charge in [0.1, 0.15) is 11.5 Å². The molecule has 0 rings (SSSR count). The zero-order valence-corrected chi connectivity index (χ0v) is 19.4. The van der Waals surface area contributed by atoms with E-state index in [1.807, 2.05) is 0 Å². The molecular formula is C20H44O4S2. The van der Waals surface area contributed by atoms with Crippen LogP contribution >= 0.6 is 0 Å². The lowest BCUT2D eigenvalue weighted by molar-refractivity contribution is 0.314. The topological polar surface area (TPSA) is 66.4 Å². The van der Waals surface area contributed by atoms with Crippen LogP contribution in [-0.4, -0.2) is 37.8 Å². The first-order valence-electron chi connectivity index (χ1n) is 10.5. The van der Waals surface area contributed by atoms with Gasteiger partial charge in [0.25, 0.3) is 0 Å². The SMILES string of the molecule is CCCCCCCCCCCC[S+](C)CCCCCC.COS(=O)(=O)[O-]. The molecule has 0 spiro atoms. The summed E-state index contributed by atoms with van der Waals surface area (Å²) in [5, 5.41) is 0. The quantitative estimate of drug-likeness (QED) is 0.130. The predicted octanol–water partition coefficient (Wildman–Crippen LogP) is 5.83. The van der Waals surface area contributed by atoms with Crippen LogP contribution in [0.4, 0.5) is 0 Å². The van der Waals surface area contributed by atoms with E-state index in [1.165, 1.54) is 101 Å². The Labute approximate surface area is 167 Å². The van der Waals surface area contributed by atoms with Crippen molar-refractivity contribution in [2.75, 3.05) is 24.9 Å². The van der Waals surface area contributed by atoms with Crippen LogP contribution < -0.4 is 0 Å². The monoisotopic (exact) mass is 412 g/mol. The van der Waals surface area contributed by atoms with Gasteiger partial charge in [-0.1, -0.05) is 78.1 Å². The summed E-state index contributed by atoms with van der Waals surface area (Å²) in [7, 11) is -2.89. The van der Waals surface area contributed by atoms with Gasteiger partial charge in [0, 0.05) is 0 Å². The molecule has 0 aliphatic carbocycles. The highest BCUT2D eigenvalue weighted by atomic mass is 32.3. The van der Waals surface area contributed by atoms with Crippen LogP contribution in [0.15, 0.2) is 0 Å². The van der Waals surface area contributed by atoms with E-state index in [0.717, 1.165) is 7.11 Å². The summed E-state index contributed by atoms with van der Waals surface area (Å²) in [5.41, 5.74) is 0. The van der Waals surface area contributed by atoms with Gasteiger partial charge in [-0.15, -0.1) is 0 Å². The molecule has 1 atom stereocenters. The maximum atomic E-state index is 9.22. The zero-order chi connectivity index (χ0) is 20.1. The van der Waals surface area contributed by atoms with Crippen molar-refractivity contribution < 1.29 is 17.2 Å². The standard InChI is InChI=1S/C19H41S.CH4O4S/c1-4-6-8-10-11-12-13-14-15-17-19-20(3)18-16-9-7-5-2;1-5-6(2,3)4/h4-19H2,1-3H3;1H3,(H,2,3,4)/q+1;/p-1. The van der Waals surface area contributed by atoms with Crippen LogP contribution in [0.3, 0.4) is 0 Å². The van der Waals surface area contributed by atoms with E-state index in [2.05, 4.69) is 24.3 Å². The van der Waals surface area contributed by atoms with Gasteiger partial charge in [0.15, 0.2) is 0 Å². The molecule has 1 unspecified atom stereocenters. The first-order chi connectivity index (χ1) is 12.4. The van der Waals surface area contributed by atoms with Gasteiger partial charge in [0.2, 0.25) is 10.4 Å². The highest BCUT2D eigenvalue weighted by Crippen LogP contribution is 2.11. The average molecular weight is 413 g/mol. The van der Waals surface area contributed by atoms with E-state index in [9.17, 15) is 13.0 Å². The first kappa shape index (κ1) is 28.4. The van der Waals surface area contributed by atoms with Crippen molar-refractivity contribution >= 4 is 21.3 Å². The molecule has 0 radical (unpaired) electrons. The Morgan fingerprint density at radius 2 is 0.962 bits per heavy atom. The van der Waals surface area contributed by atoms with Crippen molar-refractivity contribution in [3.05, 3.63) is 0 Å². The minimum atomic E-state index is -4.41. The lowest BCUT2D eigenvalue weighted by Crippen LogP contribution is -2.09. The number of hydrogen-bond donors (Lipinski definition) is 0. The number of rotatable bonds is 17. The molecule has 0 aliphatic heterocycles. The molecular weight excluding hydrogens is 368 g/mol. The molecule has 26 heavy (non-hydrogen) atoms. The number of unbranched alkanes of at least 4 members (excludes halogenated alkanes) is 12. The van der Waals surface area contributed by atoms with Gasteiger partial charge in [0.05, 0.1) is 13.4 Å². The molecule has 0 N–H and O–H groups in total. The Morgan fingerprint density at radius 1 is 0.692 bits per heavy atom. The summed E-state index contributed by atoms with van der Waals surface area (Å²) in [5.74, 6) is 3.00. The van der Waals surface area contributed by atoms with Gasteiger partial charge < -0.3 is 4.55 Å². The first-order valence-corrected chi connectivity index (χ1v) is 13.8. The van der Waals surface area contributed by atoms with E-state index < -0.39 is 10.4 Å². The third-order valence-corrected chi connectivity index (χ3v) is 6.78. The molecule has 6 heteroatoms. The maximum absolute atomic E-state index is 9.22. The van der Waals surface area contributed by atoms with Crippen molar-refractivity contribution in [1.29, 1.82) is 0 Å². The van der Waals surface area contributed by atoms with Crippen molar-refractivity contribution in [2.45, 2.75) is 104 Å². The molecule has 0 aromatic carbocycles. The summed E-state index contributed by atoms with van der Waals surface area (Å²) in [6.45, 7) is 4.60. The summed E-state index contributed by atoms with van der Waals surface area (Å²) >= 11 is 0. The third-order valence-electron chi connectivity index (χ3n) is 4.40. The summed E-state index contributed by atoms with van der Waals surface area (Å²) in [6, 6.07) is 0. The highest BCUT2D eigenvalue weighted by molar-refractivity contribution is 7.96. The smallest absolute Gasteiger partial charge is 0.217 e. The molecule has 4 nitrogen and oxygen atoms in total. The average Bonchev–Trinajstić information content (AvgIpc) is 2.60. The maximum Gasteiger partial charge on any atom is 0.217 e. The fraction of sp³-hybridized carbons (Fsp3) is 1.00. The highest BCUT2D eigenvalue weighted by Gasteiger charge is 2.09. The van der Waals surface area contributed by atoms with Gasteiger partial charge in [-0.3, -0.25) is 4.18 Å². The molecule has 0 aromatic rings. The molecule has 160 valence electrons. The van der Waals surface area contributed by atoms with Gasteiger partial charge in [-0.05, 0) is 36.6 Å². The zero-order valence-electron chi connectivity index (χ0n) is 17.8. The second-order valence-corrected chi connectivity index (χ2v) is 10.5. The lowest BCUT2D eigenvalue weighted by atomic mass is 10.1. The largest absolute Gasteiger partial charge is 0.726 e. The van der Waals surface area contributed by atoms with Crippen LogP contribution in [0.2, 0.25) is 0 Å². The van der Waals surface area contributed by atoms with Crippen molar-refractivity contribution in [3.8, 4) is 0 Å². The Kier molecular flexibility index (Phi) is 23.5. The van der Waals surface area contributed by atoms with E-state index in [-0.39, 0.29) is 0 Å². The summed E-state index contributed by atoms with van der Waals surface area (Å²) < 4.78 is 31.0. The number of hydrogen-bond acceptors (Lipinski definition) is 4. The van der Waals surface area contributed by atoms with Crippen LogP contribution in [0.1, 0.15) is 104 Å². The van der Waals surface area contributed by atoms with Crippen LogP contribution in [0.5, 0.6) is 0 Å². The fourth-order valence-electron chi connectivity index (χ4n) is 2.71. The van der Waals surface area contributed by atoms with E-state index in [0.29, 0.717) is 10.9 Å². The second kappa shape index (κ2) is 21.5. The molecule has 0 heterocycles. The molecule has 0 bridgehead atoms. The van der Waals surface area contributed by atoms with E-state index in [4.69, 9.17) is 0 Å². The summed E-state index contributed by atoms with van der Waals surface area (Å²) in [6.07, 6.45) is 22.9. The Hall–Kier alpha value is 0.220. The molecule has 0 aliphatic rings. The Balaban J connectivity index is 0.